The number of nitrogens with two attached hydrogens (primary N) is 1. The molecule has 1 aromatic carbocycles. The summed E-state index contributed by atoms with van der Waals surface area (Å²) in [6.45, 7) is 8.00. The summed E-state index contributed by atoms with van der Waals surface area (Å²) in [5, 5.41) is 3.67. The smallest absolute Gasteiger partial charge is 0.248 e. The maximum atomic E-state index is 11.5. The molecule has 2 saturated heterocycles. The summed E-state index contributed by atoms with van der Waals surface area (Å²) in [5.41, 5.74) is 7.39. The Bertz CT molecular complexity index is 585. The van der Waals surface area contributed by atoms with Gasteiger partial charge in [-0.3, -0.25) is 9.69 Å². The highest BCUT2D eigenvalue weighted by molar-refractivity contribution is 5.92. The van der Waals surface area contributed by atoms with Crippen LogP contribution in [0.4, 0.5) is 0 Å². The van der Waals surface area contributed by atoms with Crippen LogP contribution < -0.4 is 11.1 Å². The van der Waals surface area contributed by atoms with Crippen LogP contribution in [-0.2, 0) is 0 Å². The minimum absolute atomic E-state index is 0.323. The van der Waals surface area contributed by atoms with Crippen molar-refractivity contribution in [2.75, 3.05) is 19.6 Å². The summed E-state index contributed by atoms with van der Waals surface area (Å²) in [5.74, 6) is 1.06. The van der Waals surface area contributed by atoms with E-state index in [1.54, 1.807) is 0 Å². The molecule has 26 heavy (non-hydrogen) atoms. The number of rotatable bonds is 9. The number of fused-ring (bicyclic) bond motifs is 2. The first-order valence-electron chi connectivity index (χ1n) is 10.5. The summed E-state index contributed by atoms with van der Waals surface area (Å²) in [6.07, 6.45) is 7.61. The number of carbonyl (C=O) groups excluding carboxylic acids is 1. The molecule has 2 heterocycles. The van der Waals surface area contributed by atoms with Gasteiger partial charge in [-0.1, -0.05) is 38.8 Å². The maximum Gasteiger partial charge on any atom is 0.248 e. The number of nitrogens with one attached hydrogen (secondary N) is 1. The molecule has 3 rings (SSSR count). The van der Waals surface area contributed by atoms with E-state index >= 15 is 0 Å². The van der Waals surface area contributed by atoms with E-state index < -0.39 is 0 Å². The van der Waals surface area contributed by atoms with Gasteiger partial charge in [-0.05, 0) is 61.8 Å². The molecule has 0 radical (unpaired) electrons. The Labute approximate surface area is 158 Å². The summed E-state index contributed by atoms with van der Waals surface area (Å²) in [6, 6.07) is 9.38. The second kappa shape index (κ2) is 9.01. The number of primary amides is 1. The fraction of sp³-hybridized carbons (Fsp3) is 0.682. The maximum absolute atomic E-state index is 11.5. The normalized spacial score (nSPS) is 25.7. The molecule has 2 bridgehead atoms. The van der Waals surface area contributed by atoms with Crippen LogP contribution in [0.3, 0.4) is 0 Å². The van der Waals surface area contributed by atoms with Gasteiger partial charge in [0, 0.05) is 30.7 Å². The second-order valence-electron chi connectivity index (χ2n) is 8.17. The number of hydrogen-bond donors (Lipinski definition) is 2. The first-order valence-corrected chi connectivity index (χ1v) is 10.5. The molecule has 2 unspecified atom stereocenters. The van der Waals surface area contributed by atoms with Gasteiger partial charge in [0.2, 0.25) is 5.91 Å². The minimum Gasteiger partial charge on any atom is -0.366 e. The first kappa shape index (κ1) is 19.4. The Kier molecular flexibility index (Phi) is 6.71. The third-order valence-electron chi connectivity index (χ3n) is 6.66. The lowest BCUT2D eigenvalue weighted by Crippen LogP contribution is -2.45. The van der Waals surface area contributed by atoms with E-state index in [2.05, 4.69) is 30.1 Å². The van der Waals surface area contributed by atoms with Crippen molar-refractivity contribution in [1.29, 1.82) is 0 Å². The number of carbonyl (C=O) groups is 1. The van der Waals surface area contributed by atoms with E-state index in [4.69, 9.17) is 5.73 Å². The molecule has 0 aromatic heterocycles. The van der Waals surface area contributed by atoms with Gasteiger partial charge in [-0.2, -0.15) is 0 Å². The standard InChI is InChI=1S/C22H35N3O/c1-3-16(4-2)15-24-10-11-25-20-8-9-21(25)14-19(13-20)17-6-5-7-18(12-17)22(23)26/h5-7,12,16,19-21,24H,3-4,8-11,13-15H2,1-2H3,(H2,23,26). The lowest BCUT2D eigenvalue weighted by atomic mass is 9.84. The van der Waals surface area contributed by atoms with Crippen LogP contribution in [0.2, 0.25) is 0 Å². The van der Waals surface area contributed by atoms with Crippen LogP contribution >= 0.6 is 0 Å². The fourth-order valence-corrected chi connectivity index (χ4v) is 4.95. The SMILES string of the molecule is CCC(CC)CNCCN1C2CCC1CC(c1cccc(C(N)=O)c1)C2. The molecule has 0 spiro atoms. The van der Waals surface area contributed by atoms with Crippen molar-refractivity contribution in [3.63, 3.8) is 0 Å². The molecule has 2 aliphatic heterocycles. The summed E-state index contributed by atoms with van der Waals surface area (Å²) in [4.78, 5) is 14.2. The molecule has 3 N–H and O–H groups in total. The van der Waals surface area contributed by atoms with E-state index in [1.165, 1.54) is 50.6 Å². The summed E-state index contributed by atoms with van der Waals surface area (Å²) >= 11 is 0. The quantitative estimate of drug-likeness (QED) is 0.665. The third-order valence-corrected chi connectivity index (χ3v) is 6.66. The molecule has 0 aliphatic carbocycles. The molecule has 4 nitrogen and oxygen atoms in total. The minimum atomic E-state index is -0.323. The van der Waals surface area contributed by atoms with E-state index in [9.17, 15) is 4.79 Å². The van der Waals surface area contributed by atoms with E-state index in [-0.39, 0.29) is 5.91 Å². The molecule has 1 amide bonds. The van der Waals surface area contributed by atoms with Crippen LogP contribution in [-0.4, -0.2) is 42.5 Å². The molecular formula is C22H35N3O. The first-order chi connectivity index (χ1) is 12.6. The second-order valence-corrected chi connectivity index (χ2v) is 8.17. The van der Waals surface area contributed by atoms with Crippen molar-refractivity contribution in [2.24, 2.45) is 11.7 Å². The molecule has 0 saturated carbocycles. The fourth-order valence-electron chi connectivity index (χ4n) is 4.95. The number of hydrogen-bond acceptors (Lipinski definition) is 3. The average molecular weight is 358 g/mol. The zero-order chi connectivity index (χ0) is 18.5. The highest BCUT2D eigenvalue weighted by Crippen LogP contribution is 2.42. The molecular weight excluding hydrogens is 322 g/mol. The predicted octanol–water partition coefficient (Wildman–Crippen LogP) is 3.52. The van der Waals surface area contributed by atoms with Crippen LogP contribution in [0.1, 0.15) is 74.2 Å². The van der Waals surface area contributed by atoms with Crippen LogP contribution in [0.25, 0.3) is 0 Å². The lowest BCUT2D eigenvalue weighted by molar-refractivity contribution is 0.1000. The topological polar surface area (TPSA) is 58.4 Å². The zero-order valence-corrected chi connectivity index (χ0v) is 16.4. The van der Waals surface area contributed by atoms with Gasteiger partial charge in [0.05, 0.1) is 0 Å². The van der Waals surface area contributed by atoms with Gasteiger partial charge in [0.15, 0.2) is 0 Å². The number of nitrogens with zero attached hydrogens (tertiary/aromatic N) is 1. The average Bonchev–Trinajstić information content (AvgIpc) is 2.89. The van der Waals surface area contributed by atoms with Crippen LogP contribution in [0.15, 0.2) is 24.3 Å². The van der Waals surface area contributed by atoms with Gasteiger partial charge in [0.25, 0.3) is 0 Å². The Morgan fingerprint density at radius 3 is 2.54 bits per heavy atom. The molecule has 2 aliphatic rings. The molecule has 4 heteroatoms. The Morgan fingerprint density at radius 1 is 1.23 bits per heavy atom. The summed E-state index contributed by atoms with van der Waals surface area (Å²) < 4.78 is 0. The van der Waals surface area contributed by atoms with Gasteiger partial charge in [0.1, 0.15) is 0 Å². The Hall–Kier alpha value is -1.39. The lowest BCUT2D eigenvalue weighted by Gasteiger charge is -2.39. The van der Waals surface area contributed by atoms with Crippen molar-refractivity contribution in [3.05, 3.63) is 35.4 Å². The van der Waals surface area contributed by atoms with Crippen molar-refractivity contribution in [1.82, 2.24) is 10.2 Å². The van der Waals surface area contributed by atoms with Crippen LogP contribution in [0.5, 0.6) is 0 Å². The molecule has 1 aromatic rings. The van der Waals surface area contributed by atoms with Gasteiger partial charge in [-0.25, -0.2) is 0 Å². The highest BCUT2D eigenvalue weighted by Gasteiger charge is 2.40. The van der Waals surface area contributed by atoms with E-state index in [0.717, 1.165) is 19.0 Å². The van der Waals surface area contributed by atoms with Crippen molar-refractivity contribution in [3.8, 4) is 0 Å². The van der Waals surface area contributed by atoms with E-state index in [1.807, 2.05) is 18.2 Å². The van der Waals surface area contributed by atoms with Gasteiger partial charge >= 0.3 is 0 Å². The van der Waals surface area contributed by atoms with Gasteiger partial charge < -0.3 is 11.1 Å². The highest BCUT2D eigenvalue weighted by atomic mass is 16.1. The van der Waals surface area contributed by atoms with Crippen molar-refractivity contribution >= 4 is 5.91 Å². The largest absolute Gasteiger partial charge is 0.366 e. The Morgan fingerprint density at radius 2 is 1.92 bits per heavy atom. The number of benzene rings is 1. The zero-order valence-electron chi connectivity index (χ0n) is 16.4. The monoisotopic (exact) mass is 357 g/mol. The Balaban J connectivity index is 1.53. The predicted molar refractivity (Wildman–Crippen MR) is 107 cm³/mol. The number of amides is 1. The van der Waals surface area contributed by atoms with E-state index in [0.29, 0.717) is 23.6 Å². The molecule has 2 fully saturated rings. The molecule has 2 atom stereocenters. The van der Waals surface area contributed by atoms with Gasteiger partial charge in [-0.15, -0.1) is 0 Å². The third kappa shape index (κ3) is 4.47. The van der Waals surface area contributed by atoms with Crippen molar-refractivity contribution in [2.45, 2.75) is 70.4 Å². The number of piperidine rings is 1. The molecule has 144 valence electrons. The summed E-state index contributed by atoms with van der Waals surface area (Å²) in [7, 11) is 0. The van der Waals surface area contributed by atoms with Crippen molar-refractivity contribution < 1.29 is 4.79 Å². The van der Waals surface area contributed by atoms with Crippen LogP contribution in [0, 0.1) is 5.92 Å².